The zero-order valence-electron chi connectivity index (χ0n) is 12.6. The van der Waals surface area contributed by atoms with Crippen LogP contribution in [0.4, 0.5) is 4.39 Å². The molecule has 0 saturated carbocycles. The van der Waals surface area contributed by atoms with Gasteiger partial charge in [-0.25, -0.2) is 4.39 Å². The van der Waals surface area contributed by atoms with E-state index in [1.54, 1.807) is 10.7 Å². The van der Waals surface area contributed by atoms with Crippen molar-refractivity contribution in [1.29, 1.82) is 0 Å². The van der Waals surface area contributed by atoms with E-state index in [2.05, 4.69) is 24.3 Å². The average Bonchev–Trinajstić information content (AvgIpc) is 2.74. The number of benzene rings is 1. The number of aromatic nitrogens is 2. The summed E-state index contributed by atoms with van der Waals surface area (Å²) >= 11 is 0. The van der Waals surface area contributed by atoms with Crippen LogP contribution in [0.15, 0.2) is 24.4 Å². The SMILES string of the molecule is CCCNC(C)c1ccc(F)cc1-c1cn(C)nc1C. The lowest BCUT2D eigenvalue weighted by Gasteiger charge is -2.17. The van der Waals surface area contributed by atoms with Crippen molar-refractivity contribution in [3.63, 3.8) is 0 Å². The Morgan fingerprint density at radius 1 is 1.35 bits per heavy atom. The maximum absolute atomic E-state index is 13.6. The summed E-state index contributed by atoms with van der Waals surface area (Å²) in [6.45, 7) is 7.15. The minimum atomic E-state index is -0.213. The average molecular weight is 275 g/mol. The van der Waals surface area contributed by atoms with Crippen molar-refractivity contribution in [2.75, 3.05) is 6.54 Å². The van der Waals surface area contributed by atoms with Crippen molar-refractivity contribution in [2.45, 2.75) is 33.2 Å². The first-order chi connectivity index (χ1) is 9.52. The van der Waals surface area contributed by atoms with Gasteiger partial charge in [-0.1, -0.05) is 13.0 Å². The zero-order valence-corrected chi connectivity index (χ0v) is 12.6. The van der Waals surface area contributed by atoms with Crippen molar-refractivity contribution in [2.24, 2.45) is 7.05 Å². The fraction of sp³-hybridized carbons (Fsp3) is 0.438. The first-order valence-electron chi connectivity index (χ1n) is 7.06. The predicted molar refractivity (Wildman–Crippen MR) is 80.0 cm³/mol. The summed E-state index contributed by atoms with van der Waals surface area (Å²) in [6, 6.07) is 5.17. The lowest BCUT2D eigenvalue weighted by Crippen LogP contribution is -2.20. The Kier molecular flexibility index (Phi) is 4.55. The number of hydrogen-bond donors (Lipinski definition) is 1. The maximum atomic E-state index is 13.6. The number of halogens is 1. The molecule has 0 amide bonds. The van der Waals surface area contributed by atoms with Crippen LogP contribution in [0.3, 0.4) is 0 Å². The van der Waals surface area contributed by atoms with Crippen LogP contribution in [0.2, 0.25) is 0 Å². The molecule has 2 rings (SSSR count). The molecule has 0 spiro atoms. The number of nitrogens with zero attached hydrogens (tertiary/aromatic N) is 2. The molecule has 0 aliphatic rings. The number of nitrogens with one attached hydrogen (secondary N) is 1. The molecule has 2 aromatic rings. The summed E-state index contributed by atoms with van der Waals surface area (Å²) in [5, 5.41) is 7.81. The summed E-state index contributed by atoms with van der Waals surface area (Å²) < 4.78 is 15.4. The Morgan fingerprint density at radius 3 is 2.70 bits per heavy atom. The topological polar surface area (TPSA) is 29.9 Å². The normalized spacial score (nSPS) is 12.7. The third-order valence-electron chi connectivity index (χ3n) is 3.49. The van der Waals surface area contributed by atoms with E-state index in [9.17, 15) is 4.39 Å². The Morgan fingerprint density at radius 2 is 2.10 bits per heavy atom. The van der Waals surface area contributed by atoms with Gasteiger partial charge in [-0.15, -0.1) is 0 Å². The van der Waals surface area contributed by atoms with E-state index in [-0.39, 0.29) is 11.9 Å². The van der Waals surface area contributed by atoms with Crippen molar-refractivity contribution in [3.05, 3.63) is 41.5 Å². The van der Waals surface area contributed by atoms with Crippen molar-refractivity contribution in [3.8, 4) is 11.1 Å². The molecular formula is C16H22FN3. The second-order valence-corrected chi connectivity index (χ2v) is 5.21. The molecule has 1 heterocycles. The second kappa shape index (κ2) is 6.18. The number of aryl methyl sites for hydroxylation is 2. The fourth-order valence-corrected chi connectivity index (χ4v) is 2.47. The van der Waals surface area contributed by atoms with Crippen molar-refractivity contribution < 1.29 is 4.39 Å². The van der Waals surface area contributed by atoms with Crippen LogP contribution >= 0.6 is 0 Å². The van der Waals surface area contributed by atoms with Gasteiger partial charge in [0.15, 0.2) is 0 Å². The summed E-state index contributed by atoms with van der Waals surface area (Å²) in [5.41, 5.74) is 3.94. The fourth-order valence-electron chi connectivity index (χ4n) is 2.47. The molecule has 1 unspecified atom stereocenters. The quantitative estimate of drug-likeness (QED) is 0.903. The largest absolute Gasteiger partial charge is 0.310 e. The van der Waals surface area contributed by atoms with Crippen LogP contribution in [0.1, 0.15) is 37.6 Å². The minimum Gasteiger partial charge on any atom is -0.310 e. The highest BCUT2D eigenvalue weighted by Crippen LogP contribution is 2.30. The molecule has 1 aromatic carbocycles. The lowest BCUT2D eigenvalue weighted by atomic mass is 9.95. The van der Waals surface area contributed by atoms with E-state index in [1.807, 2.05) is 26.2 Å². The Bertz CT molecular complexity index is 589. The van der Waals surface area contributed by atoms with Gasteiger partial charge in [0.1, 0.15) is 5.82 Å². The van der Waals surface area contributed by atoms with Gasteiger partial charge in [-0.2, -0.15) is 5.10 Å². The molecule has 0 fully saturated rings. The van der Waals surface area contributed by atoms with Gasteiger partial charge in [-0.05, 0) is 50.1 Å². The van der Waals surface area contributed by atoms with Gasteiger partial charge < -0.3 is 5.32 Å². The van der Waals surface area contributed by atoms with Crippen LogP contribution in [0, 0.1) is 12.7 Å². The lowest BCUT2D eigenvalue weighted by molar-refractivity contribution is 0.569. The second-order valence-electron chi connectivity index (χ2n) is 5.21. The van der Waals surface area contributed by atoms with Crippen molar-refractivity contribution >= 4 is 0 Å². The third kappa shape index (κ3) is 3.07. The Hall–Kier alpha value is -1.68. The highest BCUT2D eigenvalue weighted by Gasteiger charge is 2.15. The van der Waals surface area contributed by atoms with Gasteiger partial charge in [0.05, 0.1) is 5.69 Å². The van der Waals surface area contributed by atoms with Crippen LogP contribution in [0.5, 0.6) is 0 Å². The summed E-state index contributed by atoms with van der Waals surface area (Å²) in [6.07, 6.45) is 3.02. The number of rotatable bonds is 5. The maximum Gasteiger partial charge on any atom is 0.123 e. The zero-order chi connectivity index (χ0) is 14.7. The molecular weight excluding hydrogens is 253 g/mol. The first kappa shape index (κ1) is 14.7. The Labute approximate surface area is 119 Å². The monoisotopic (exact) mass is 275 g/mol. The molecule has 3 nitrogen and oxygen atoms in total. The van der Waals surface area contributed by atoms with Crippen molar-refractivity contribution in [1.82, 2.24) is 15.1 Å². The van der Waals surface area contributed by atoms with E-state index in [0.29, 0.717) is 0 Å². The molecule has 0 bridgehead atoms. The minimum absolute atomic E-state index is 0.185. The summed E-state index contributed by atoms with van der Waals surface area (Å²) in [7, 11) is 1.88. The van der Waals surface area contributed by atoms with Crippen LogP contribution in [0.25, 0.3) is 11.1 Å². The number of hydrogen-bond acceptors (Lipinski definition) is 2. The van der Waals surface area contributed by atoms with Crippen LogP contribution in [-0.4, -0.2) is 16.3 Å². The molecule has 0 saturated heterocycles. The molecule has 108 valence electrons. The van der Waals surface area contributed by atoms with E-state index < -0.39 is 0 Å². The van der Waals surface area contributed by atoms with Gasteiger partial charge in [0, 0.05) is 24.8 Å². The highest BCUT2D eigenvalue weighted by molar-refractivity contribution is 5.69. The molecule has 1 atom stereocenters. The van der Waals surface area contributed by atoms with E-state index in [0.717, 1.165) is 35.3 Å². The van der Waals surface area contributed by atoms with Crippen LogP contribution in [-0.2, 0) is 7.05 Å². The molecule has 1 N–H and O–H groups in total. The van der Waals surface area contributed by atoms with Gasteiger partial charge in [0.25, 0.3) is 0 Å². The highest BCUT2D eigenvalue weighted by atomic mass is 19.1. The smallest absolute Gasteiger partial charge is 0.123 e. The van der Waals surface area contributed by atoms with E-state index in [1.165, 1.54) is 6.07 Å². The standard InChI is InChI=1S/C16H22FN3/c1-5-8-18-11(2)14-7-6-13(17)9-15(14)16-10-20(4)19-12(16)3/h6-7,9-11,18H,5,8H2,1-4H3. The van der Waals surface area contributed by atoms with Gasteiger partial charge >= 0.3 is 0 Å². The van der Waals surface area contributed by atoms with Crippen LogP contribution < -0.4 is 5.32 Å². The molecule has 20 heavy (non-hydrogen) atoms. The molecule has 0 radical (unpaired) electrons. The first-order valence-corrected chi connectivity index (χ1v) is 7.06. The molecule has 1 aromatic heterocycles. The molecule has 0 aliphatic heterocycles. The third-order valence-corrected chi connectivity index (χ3v) is 3.49. The predicted octanol–water partition coefficient (Wildman–Crippen LogP) is 3.60. The molecule has 0 aliphatic carbocycles. The Balaban J connectivity index is 2.45. The van der Waals surface area contributed by atoms with E-state index >= 15 is 0 Å². The summed E-state index contributed by atoms with van der Waals surface area (Å²) in [4.78, 5) is 0. The van der Waals surface area contributed by atoms with E-state index in [4.69, 9.17) is 0 Å². The molecule has 4 heteroatoms. The van der Waals surface area contributed by atoms with Gasteiger partial charge in [0.2, 0.25) is 0 Å². The summed E-state index contributed by atoms with van der Waals surface area (Å²) in [5.74, 6) is -0.213. The van der Waals surface area contributed by atoms with Gasteiger partial charge in [-0.3, -0.25) is 4.68 Å².